The Bertz CT molecular complexity index is 3990. The zero-order chi connectivity index (χ0) is 45.0. The lowest BCUT2D eigenvalue weighted by atomic mass is 9.93. The molecule has 0 unspecified atom stereocenters. The second-order valence-corrected chi connectivity index (χ2v) is 17.1. The topological polar surface area (TPSA) is 48.5 Å². The molecular formula is C63H41N5. The number of hydrogen-bond donors (Lipinski definition) is 0. The molecule has 0 aliphatic carbocycles. The molecule has 0 aliphatic heterocycles. The SMILES string of the molecule is c1ccc(-c2ccc(-c3nc(-c4ccccc4-c4ccccc4)nc(-n4c5ccccc5c5ccc6c7ccccc7n(-c7cccc(-c8ccccc8)c7-c7ccccc7)c6c54)n3)cc2)cc1. The van der Waals surface area contributed by atoms with Crippen LogP contribution in [0.1, 0.15) is 0 Å². The van der Waals surface area contributed by atoms with Gasteiger partial charge in [-0.3, -0.25) is 4.57 Å². The Labute approximate surface area is 393 Å². The zero-order valence-electron chi connectivity index (χ0n) is 36.9. The third kappa shape index (κ3) is 6.51. The van der Waals surface area contributed by atoms with E-state index in [1.165, 1.54) is 0 Å². The first-order valence-corrected chi connectivity index (χ1v) is 23.0. The summed E-state index contributed by atoms with van der Waals surface area (Å²) in [5.74, 6) is 1.72. The first-order chi connectivity index (χ1) is 33.8. The quantitative estimate of drug-likeness (QED) is 0.153. The lowest BCUT2D eigenvalue weighted by Crippen LogP contribution is -2.08. The highest BCUT2D eigenvalue weighted by Gasteiger charge is 2.26. The molecule has 0 fully saturated rings. The first kappa shape index (κ1) is 39.2. The van der Waals surface area contributed by atoms with E-state index in [1.807, 2.05) is 12.1 Å². The van der Waals surface area contributed by atoms with Crippen LogP contribution in [0.25, 0.3) is 123 Å². The lowest BCUT2D eigenvalue weighted by molar-refractivity contribution is 0.953. The van der Waals surface area contributed by atoms with Crippen LogP contribution in [0.4, 0.5) is 0 Å². The van der Waals surface area contributed by atoms with Crippen molar-refractivity contribution < 1.29 is 0 Å². The predicted molar refractivity (Wildman–Crippen MR) is 281 cm³/mol. The third-order valence-corrected chi connectivity index (χ3v) is 13.2. The van der Waals surface area contributed by atoms with Crippen molar-refractivity contribution in [3.63, 3.8) is 0 Å². The van der Waals surface area contributed by atoms with Gasteiger partial charge in [0.25, 0.3) is 0 Å². The molecule has 0 amide bonds. The van der Waals surface area contributed by atoms with Crippen LogP contribution in [0.3, 0.4) is 0 Å². The number of nitrogens with zero attached hydrogens (tertiary/aromatic N) is 5. The fourth-order valence-electron chi connectivity index (χ4n) is 10.2. The maximum Gasteiger partial charge on any atom is 0.238 e. The Morgan fingerprint density at radius 2 is 0.691 bits per heavy atom. The molecule has 13 rings (SSSR count). The van der Waals surface area contributed by atoms with Gasteiger partial charge in [-0.15, -0.1) is 0 Å². The summed E-state index contributed by atoms with van der Waals surface area (Å²) in [5, 5.41) is 4.53. The Hall–Kier alpha value is -9.19. The molecule has 0 aliphatic rings. The highest BCUT2D eigenvalue weighted by atomic mass is 15.2. The average Bonchev–Trinajstić information content (AvgIpc) is 3.95. The molecule has 10 aromatic carbocycles. The number of benzene rings is 10. The van der Waals surface area contributed by atoms with Crippen LogP contribution in [0.2, 0.25) is 0 Å². The van der Waals surface area contributed by atoms with Gasteiger partial charge in [-0.2, -0.15) is 9.97 Å². The van der Waals surface area contributed by atoms with Crippen molar-refractivity contribution in [1.82, 2.24) is 24.1 Å². The minimum atomic E-state index is 0.539. The number of rotatable bonds is 8. The largest absolute Gasteiger partial charge is 0.307 e. The summed E-state index contributed by atoms with van der Waals surface area (Å²) in [4.78, 5) is 16.4. The van der Waals surface area contributed by atoms with Crippen molar-refractivity contribution in [1.29, 1.82) is 0 Å². The van der Waals surface area contributed by atoms with Crippen LogP contribution in [0.15, 0.2) is 249 Å². The predicted octanol–water partition coefficient (Wildman–Crippen LogP) is 16.1. The molecule has 0 radical (unpaired) electrons. The second-order valence-electron chi connectivity index (χ2n) is 17.1. The number of para-hydroxylation sites is 2. The molecule has 318 valence electrons. The van der Waals surface area contributed by atoms with Gasteiger partial charge >= 0.3 is 0 Å². The number of aromatic nitrogens is 5. The monoisotopic (exact) mass is 867 g/mol. The molecule has 0 saturated carbocycles. The van der Waals surface area contributed by atoms with Crippen LogP contribution >= 0.6 is 0 Å². The Morgan fingerprint density at radius 1 is 0.250 bits per heavy atom. The molecule has 5 heteroatoms. The van der Waals surface area contributed by atoms with E-state index >= 15 is 0 Å². The van der Waals surface area contributed by atoms with Gasteiger partial charge in [0.2, 0.25) is 5.95 Å². The Balaban J connectivity index is 1.15. The molecule has 0 bridgehead atoms. The van der Waals surface area contributed by atoms with E-state index in [2.05, 4.69) is 246 Å². The number of fused-ring (bicyclic) bond motifs is 7. The summed E-state index contributed by atoms with van der Waals surface area (Å²) < 4.78 is 4.76. The maximum absolute atomic E-state index is 5.54. The molecule has 0 N–H and O–H groups in total. The lowest BCUT2D eigenvalue weighted by Gasteiger charge is -2.19. The summed E-state index contributed by atoms with van der Waals surface area (Å²) in [7, 11) is 0. The number of hydrogen-bond acceptors (Lipinski definition) is 3. The van der Waals surface area contributed by atoms with Gasteiger partial charge in [0.1, 0.15) is 0 Å². The van der Waals surface area contributed by atoms with Crippen LogP contribution in [0, 0.1) is 0 Å². The zero-order valence-corrected chi connectivity index (χ0v) is 36.9. The maximum atomic E-state index is 5.54. The van der Waals surface area contributed by atoms with Crippen LogP contribution in [-0.2, 0) is 0 Å². The standard InChI is InChI=1S/C63H41N5/c1-5-20-42(21-6-1)43-36-38-47(39-37-43)61-64-62(54-31-14-13-28-48(54)44-22-7-2-8-23-44)66-63(65-61)68-56-34-18-16-30-51(56)53-41-40-52-50-29-15-17-33-55(50)67(59(52)60(53)68)57-35-19-32-49(45-24-9-3-10-25-45)58(57)46-26-11-4-12-27-46/h1-41H. The van der Waals surface area contributed by atoms with E-state index < -0.39 is 0 Å². The Morgan fingerprint density at radius 3 is 1.32 bits per heavy atom. The highest BCUT2D eigenvalue weighted by molar-refractivity contribution is 6.24. The molecular weight excluding hydrogens is 827 g/mol. The van der Waals surface area contributed by atoms with Crippen LogP contribution in [-0.4, -0.2) is 24.1 Å². The van der Waals surface area contributed by atoms with Crippen LogP contribution < -0.4 is 0 Å². The van der Waals surface area contributed by atoms with E-state index in [0.29, 0.717) is 17.6 Å². The van der Waals surface area contributed by atoms with Gasteiger partial charge in [-0.25, -0.2) is 4.98 Å². The molecule has 13 aromatic rings. The van der Waals surface area contributed by atoms with Crippen molar-refractivity contribution in [2.75, 3.05) is 0 Å². The van der Waals surface area contributed by atoms with E-state index in [4.69, 9.17) is 15.0 Å². The van der Waals surface area contributed by atoms with Crippen molar-refractivity contribution in [3.05, 3.63) is 249 Å². The minimum Gasteiger partial charge on any atom is -0.307 e. The molecule has 0 atom stereocenters. The summed E-state index contributed by atoms with van der Waals surface area (Å²) in [5.41, 5.74) is 16.2. The third-order valence-electron chi connectivity index (χ3n) is 13.2. The molecule has 5 nitrogen and oxygen atoms in total. The first-order valence-electron chi connectivity index (χ1n) is 23.0. The Kier molecular flexibility index (Phi) is 9.43. The van der Waals surface area contributed by atoms with E-state index in [0.717, 1.165) is 105 Å². The van der Waals surface area contributed by atoms with Crippen molar-refractivity contribution in [2.24, 2.45) is 0 Å². The summed E-state index contributed by atoms with van der Waals surface area (Å²) in [6.45, 7) is 0. The fourth-order valence-corrected chi connectivity index (χ4v) is 10.2. The average molecular weight is 868 g/mol. The van der Waals surface area contributed by atoms with Gasteiger partial charge in [0.15, 0.2) is 11.6 Å². The van der Waals surface area contributed by atoms with Gasteiger partial charge in [0.05, 0.1) is 27.8 Å². The summed E-state index contributed by atoms with van der Waals surface area (Å²) >= 11 is 0. The summed E-state index contributed by atoms with van der Waals surface area (Å²) in [6, 6.07) is 88.1. The molecule has 0 saturated heterocycles. The normalized spacial score (nSPS) is 11.5. The second kappa shape index (κ2) is 16.4. The van der Waals surface area contributed by atoms with Gasteiger partial charge in [-0.1, -0.05) is 231 Å². The van der Waals surface area contributed by atoms with Gasteiger partial charge < -0.3 is 4.57 Å². The highest BCUT2D eigenvalue weighted by Crippen LogP contribution is 2.45. The smallest absolute Gasteiger partial charge is 0.238 e. The van der Waals surface area contributed by atoms with Crippen molar-refractivity contribution in [3.8, 4) is 78.9 Å². The van der Waals surface area contributed by atoms with E-state index in [-0.39, 0.29) is 0 Å². The van der Waals surface area contributed by atoms with Crippen molar-refractivity contribution >= 4 is 43.6 Å². The van der Waals surface area contributed by atoms with Crippen molar-refractivity contribution in [2.45, 2.75) is 0 Å². The molecule has 3 aromatic heterocycles. The summed E-state index contributed by atoms with van der Waals surface area (Å²) in [6.07, 6.45) is 0. The van der Waals surface area contributed by atoms with E-state index in [1.54, 1.807) is 0 Å². The minimum absolute atomic E-state index is 0.539. The van der Waals surface area contributed by atoms with Gasteiger partial charge in [-0.05, 0) is 57.1 Å². The molecule has 68 heavy (non-hydrogen) atoms. The van der Waals surface area contributed by atoms with Crippen LogP contribution in [0.5, 0.6) is 0 Å². The fraction of sp³-hybridized carbons (Fsp3) is 0. The molecule has 3 heterocycles. The van der Waals surface area contributed by atoms with Gasteiger partial charge in [0, 0.05) is 38.2 Å². The van der Waals surface area contributed by atoms with E-state index in [9.17, 15) is 0 Å². The molecule has 0 spiro atoms.